The van der Waals surface area contributed by atoms with E-state index in [2.05, 4.69) is 38.4 Å². The topological polar surface area (TPSA) is 85.5 Å². The molecule has 3 aromatic rings. The van der Waals surface area contributed by atoms with Gasteiger partial charge in [0.05, 0.1) is 24.9 Å². The summed E-state index contributed by atoms with van der Waals surface area (Å²) < 4.78 is 10.7. The molecule has 0 fully saturated rings. The van der Waals surface area contributed by atoms with Crippen molar-refractivity contribution in [2.24, 2.45) is 0 Å². The molecule has 0 bridgehead atoms. The maximum Gasteiger partial charge on any atom is 0.161 e. The van der Waals surface area contributed by atoms with Crippen molar-refractivity contribution in [3.63, 3.8) is 0 Å². The molecule has 3 N–H and O–H groups in total. The van der Waals surface area contributed by atoms with Crippen LogP contribution in [-0.2, 0) is 6.42 Å². The number of fused-ring (bicyclic) bond motifs is 1. The summed E-state index contributed by atoms with van der Waals surface area (Å²) in [5.41, 5.74) is 9.98. The van der Waals surface area contributed by atoms with Gasteiger partial charge >= 0.3 is 0 Å². The first-order chi connectivity index (χ1) is 14.1. The molecule has 0 radical (unpaired) electrons. The molecular weight excluding hydrogens is 390 g/mol. The summed E-state index contributed by atoms with van der Waals surface area (Å²) in [6.07, 6.45) is 3.58. The molecule has 1 aliphatic rings. The number of methoxy groups -OCH3 is 2. The van der Waals surface area contributed by atoms with Gasteiger partial charge < -0.3 is 25.4 Å². The number of halogens is 1. The molecule has 0 saturated carbocycles. The molecule has 0 unspecified atom stereocenters. The molecule has 0 spiro atoms. The molecule has 8 heteroatoms. The average Bonchev–Trinajstić information content (AvgIpc) is 2.75. The number of para-hydroxylation sites is 1. The number of nitrogens with two attached hydrogens (primary N) is 1. The van der Waals surface area contributed by atoms with Gasteiger partial charge in [0.1, 0.15) is 23.5 Å². The molecule has 1 aliphatic heterocycles. The number of aryl methyl sites for hydroxylation is 1. The SMILES string of the molecule is COc1cc(OC)c(Nc2ncnc(N3CCCc4ccccc43)c2N)cc1Cl. The van der Waals surface area contributed by atoms with E-state index in [1.54, 1.807) is 26.4 Å². The van der Waals surface area contributed by atoms with Gasteiger partial charge in [-0.05, 0) is 30.5 Å². The van der Waals surface area contributed by atoms with Crippen LogP contribution in [0.5, 0.6) is 11.5 Å². The quantitative estimate of drug-likeness (QED) is 0.636. The van der Waals surface area contributed by atoms with Crippen LogP contribution in [0, 0.1) is 0 Å². The summed E-state index contributed by atoms with van der Waals surface area (Å²) in [6, 6.07) is 11.7. The van der Waals surface area contributed by atoms with Crippen LogP contribution in [0.25, 0.3) is 0 Å². The summed E-state index contributed by atoms with van der Waals surface area (Å²) in [7, 11) is 3.13. The van der Waals surface area contributed by atoms with Crippen molar-refractivity contribution in [1.29, 1.82) is 0 Å². The van der Waals surface area contributed by atoms with Gasteiger partial charge in [0.2, 0.25) is 0 Å². The predicted octanol–water partition coefficient (Wildman–Crippen LogP) is 4.56. The fourth-order valence-corrected chi connectivity index (χ4v) is 3.78. The van der Waals surface area contributed by atoms with Gasteiger partial charge in [-0.3, -0.25) is 0 Å². The van der Waals surface area contributed by atoms with Crippen LogP contribution in [-0.4, -0.2) is 30.7 Å². The Balaban J connectivity index is 1.71. The zero-order valence-corrected chi connectivity index (χ0v) is 17.0. The fraction of sp³-hybridized carbons (Fsp3) is 0.238. The molecule has 2 heterocycles. The number of nitrogens with zero attached hydrogens (tertiary/aromatic N) is 3. The van der Waals surface area contributed by atoms with Gasteiger partial charge in [0, 0.05) is 18.3 Å². The number of rotatable bonds is 5. The molecule has 29 heavy (non-hydrogen) atoms. The molecule has 1 aromatic heterocycles. The highest BCUT2D eigenvalue weighted by molar-refractivity contribution is 6.32. The minimum Gasteiger partial charge on any atom is -0.495 e. The average molecular weight is 412 g/mol. The normalized spacial score (nSPS) is 13.0. The van der Waals surface area contributed by atoms with Crippen molar-refractivity contribution < 1.29 is 9.47 Å². The van der Waals surface area contributed by atoms with Crippen molar-refractivity contribution in [3.8, 4) is 11.5 Å². The van der Waals surface area contributed by atoms with E-state index in [1.165, 1.54) is 11.9 Å². The maximum absolute atomic E-state index is 6.48. The van der Waals surface area contributed by atoms with Gasteiger partial charge in [-0.25, -0.2) is 9.97 Å². The molecule has 7 nitrogen and oxygen atoms in total. The lowest BCUT2D eigenvalue weighted by molar-refractivity contribution is 0.396. The lowest BCUT2D eigenvalue weighted by Gasteiger charge is -2.31. The van der Waals surface area contributed by atoms with Crippen LogP contribution in [0.15, 0.2) is 42.7 Å². The van der Waals surface area contributed by atoms with E-state index in [1.807, 2.05) is 6.07 Å². The third-order valence-corrected chi connectivity index (χ3v) is 5.25. The van der Waals surface area contributed by atoms with Gasteiger partial charge in [-0.2, -0.15) is 0 Å². The first-order valence-corrected chi connectivity index (χ1v) is 9.64. The highest BCUT2D eigenvalue weighted by atomic mass is 35.5. The Morgan fingerprint density at radius 3 is 2.69 bits per heavy atom. The number of hydrogen-bond acceptors (Lipinski definition) is 7. The van der Waals surface area contributed by atoms with Gasteiger partial charge in [0.25, 0.3) is 0 Å². The molecule has 2 aromatic carbocycles. The highest BCUT2D eigenvalue weighted by Gasteiger charge is 2.22. The third-order valence-electron chi connectivity index (χ3n) is 4.96. The molecule has 0 aliphatic carbocycles. The van der Waals surface area contributed by atoms with Crippen molar-refractivity contribution in [2.45, 2.75) is 12.8 Å². The van der Waals surface area contributed by atoms with Crippen LogP contribution < -0.4 is 25.4 Å². The predicted molar refractivity (Wildman–Crippen MR) is 116 cm³/mol. The Morgan fingerprint density at radius 1 is 1.10 bits per heavy atom. The van der Waals surface area contributed by atoms with Crippen LogP contribution in [0.2, 0.25) is 5.02 Å². The van der Waals surface area contributed by atoms with Gasteiger partial charge in [0.15, 0.2) is 11.6 Å². The second-order valence-corrected chi connectivity index (χ2v) is 7.06. The zero-order valence-electron chi connectivity index (χ0n) is 16.3. The van der Waals surface area contributed by atoms with Crippen LogP contribution >= 0.6 is 11.6 Å². The molecule has 0 saturated heterocycles. The number of aromatic nitrogens is 2. The van der Waals surface area contributed by atoms with Crippen molar-refractivity contribution in [2.75, 3.05) is 36.7 Å². The Hall–Kier alpha value is -3.19. The number of nitrogens with one attached hydrogen (secondary N) is 1. The summed E-state index contributed by atoms with van der Waals surface area (Å²) in [4.78, 5) is 10.9. The smallest absolute Gasteiger partial charge is 0.161 e. The summed E-state index contributed by atoms with van der Waals surface area (Å²) in [5, 5.41) is 3.67. The standard InChI is InChI=1S/C21H22ClN5O2/c1-28-17-11-18(29-2)15(10-14(17)22)26-20-19(23)21(25-12-24-20)27-9-5-7-13-6-3-4-8-16(13)27/h3-4,6,8,10-12H,5,7,9,23H2,1-2H3,(H,24,25,26). The van der Waals surface area contributed by atoms with E-state index in [0.717, 1.165) is 25.1 Å². The number of benzene rings is 2. The Kier molecular flexibility index (Phi) is 5.31. The van der Waals surface area contributed by atoms with Crippen LogP contribution in [0.3, 0.4) is 0 Å². The summed E-state index contributed by atoms with van der Waals surface area (Å²) in [6.45, 7) is 0.843. The number of hydrogen-bond donors (Lipinski definition) is 2. The minimum atomic E-state index is 0.452. The molecule has 150 valence electrons. The lowest BCUT2D eigenvalue weighted by atomic mass is 10.0. The maximum atomic E-state index is 6.48. The zero-order chi connectivity index (χ0) is 20.4. The molecule has 0 atom stereocenters. The van der Waals surface area contributed by atoms with E-state index in [9.17, 15) is 0 Å². The number of anilines is 5. The van der Waals surface area contributed by atoms with Gasteiger partial charge in [-0.1, -0.05) is 29.8 Å². The summed E-state index contributed by atoms with van der Waals surface area (Å²) >= 11 is 6.28. The molecular formula is C21H22ClN5O2. The minimum absolute atomic E-state index is 0.452. The van der Waals surface area contributed by atoms with Crippen molar-refractivity contribution in [1.82, 2.24) is 9.97 Å². The fourth-order valence-electron chi connectivity index (χ4n) is 3.54. The molecule has 0 amide bonds. The van der Waals surface area contributed by atoms with Crippen molar-refractivity contribution in [3.05, 3.63) is 53.3 Å². The third kappa shape index (κ3) is 3.61. The van der Waals surface area contributed by atoms with Crippen LogP contribution in [0.1, 0.15) is 12.0 Å². The lowest BCUT2D eigenvalue weighted by Crippen LogP contribution is -2.26. The van der Waals surface area contributed by atoms with Gasteiger partial charge in [-0.15, -0.1) is 0 Å². The second kappa shape index (κ2) is 8.05. The Bertz CT molecular complexity index is 1040. The Morgan fingerprint density at radius 2 is 1.90 bits per heavy atom. The highest BCUT2D eigenvalue weighted by Crippen LogP contribution is 2.40. The first kappa shape index (κ1) is 19.1. The monoisotopic (exact) mass is 411 g/mol. The first-order valence-electron chi connectivity index (χ1n) is 9.27. The van der Waals surface area contributed by atoms with E-state index >= 15 is 0 Å². The molecule has 4 rings (SSSR count). The largest absolute Gasteiger partial charge is 0.495 e. The second-order valence-electron chi connectivity index (χ2n) is 6.66. The summed E-state index contributed by atoms with van der Waals surface area (Å²) in [5.74, 6) is 2.25. The van der Waals surface area contributed by atoms with E-state index < -0.39 is 0 Å². The van der Waals surface area contributed by atoms with E-state index in [-0.39, 0.29) is 0 Å². The Labute approximate surface area is 174 Å². The van der Waals surface area contributed by atoms with E-state index in [0.29, 0.717) is 39.5 Å². The van der Waals surface area contributed by atoms with Crippen molar-refractivity contribution >= 4 is 40.3 Å². The van der Waals surface area contributed by atoms with Crippen LogP contribution in [0.4, 0.5) is 28.7 Å². The number of nitrogen functional groups attached to an aromatic ring is 1. The number of ether oxygens (including phenoxy) is 2. The van der Waals surface area contributed by atoms with E-state index in [4.69, 9.17) is 26.8 Å².